The van der Waals surface area contributed by atoms with E-state index in [2.05, 4.69) is 0 Å². The minimum absolute atomic E-state index is 0.0804. The van der Waals surface area contributed by atoms with E-state index in [1.807, 2.05) is 18.2 Å². The number of halogens is 1. The lowest BCUT2D eigenvalue weighted by Crippen LogP contribution is -2.38. The summed E-state index contributed by atoms with van der Waals surface area (Å²) < 4.78 is 5.38. The maximum absolute atomic E-state index is 12.2. The Hall–Kier alpha value is -2.57. The van der Waals surface area contributed by atoms with Gasteiger partial charge in [0.15, 0.2) is 6.61 Å². The molecular formula is C16H13ClN2O4. The molecule has 0 unspecified atom stereocenters. The van der Waals surface area contributed by atoms with Crippen LogP contribution >= 0.6 is 11.6 Å². The summed E-state index contributed by atoms with van der Waals surface area (Å²) in [4.78, 5) is 25.3. The second-order valence-electron chi connectivity index (χ2n) is 4.98. The fourth-order valence-electron chi connectivity index (χ4n) is 2.38. The van der Waals surface area contributed by atoms with E-state index in [4.69, 9.17) is 21.5 Å². The summed E-state index contributed by atoms with van der Waals surface area (Å²) in [5, 5.41) is 9.31. The molecule has 0 spiro atoms. The standard InChI is InChI=1S/C16H13ClN2O4/c17-12-4-2-1-3-11(12)8-19-13-7-10(16(21)18-22)5-6-14(13)23-9-15(19)20/h1-7,22H,8-9H2,(H,18,21). The number of nitrogens with zero attached hydrogens (tertiary/aromatic N) is 1. The lowest BCUT2D eigenvalue weighted by Gasteiger charge is -2.30. The van der Waals surface area contributed by atoms with Gasteiger partial charge in [0.05, 0.1) is 12.2 Å². The molecule has 0 saturated carbocycles. The van der Waals surface area contributed by atoms with Gasteiger partial charge >= 0.3 is 0 Å². The van der Waals surface area contributed by atoms with Gasteiger partial charge in [-0.3, -0.25) is 14.8 Å². The zero-order chi connectivity index (χ0) is 16.4. The number of hydrogen-bond donors (Lipinski definition) is 2. The van der Waals surface area contributed by atoms with Crippen LogP contribution < -0.4 is 15.1 Å². The molecule has 1 heterocycles. The van der Waals surface area contributed by atoms with Gasteiger partial charge in [-0.2, -0.15) is 0 Å². The maximum atomic E-state index is 12.2. The topological polar surface area (TPSA) is 78.9 Å². The van der Waals surface area contributed by atoms with Gasteiger partial charge in [-0.15, -0.1) is 0 Å². The van der Waals surface area contributed by atoms with Gasteiger partial charge in [0.1, 0.15) is 5.75 Å². The van der Waals surface area contributed by atoms with Crippen LogP contribution in [0.4, 0.5) is 5.69 Å². The second kappa shape index (κ2) is 6.28. The first-order valence-electron chi connectivity index (χ1n) is 6.85. The average Bonchev–Trinajstić information content (AvgIpc) is 2.58. The molecule has 0 aliphatic carbocycles. The largest absolute Gasteiger partial charge is 0.482 e. The van der Waals surface area contributed by atoms with Crippen LogP contribution in [0.5, 0.6) is 5.75 Å². The number of benzene rings is 2. The van der Waals surface area contributed by atoms with Crippen LogP contribution in [0, 0.1) is 0 Å². The Morgan fingerprint density at radius 1 is 1.30 bits per heavy atom. The van der Waals surface area contributed by atoms with E-state index in [9.17, 15) is 9.59 Å². The molecule has 0 bridgehead atoms. The fourth-order valence-corrected chi connectivity index (χ4v) is 2.57. The molecule has 2 N–H and O–H groups in total. The quantitative estimate of drug-likeness (QED) is 0.668. The van der Waals surface area contributed by atoms with Crippen molar-refractivity contribution in [3.8, 4) is 5.75 Å². The molecule has 0 aromatic heterocycles. The third-order valence-corrected chi connectivity index (χ3v) is 3.92. The van der Waals surface area contributed by atoms with E-state index in [0.29, 0.717) is 16.5 Å². The van der Waals surface area contributed by atoms with Crippen LogP contribution in [0.3, 0.4) is 0 Å². The predicted octanol–water partition coefficient (Wildman–Crippen LogP) is 2.38. The van der Waals surface area contributed by atoms with Gasteiger partial charge in [0, 0.05) is 10.6 Å². The van der Waals surface area contributed by atoms with Crippen molar-refractivity contribution in [3.05, 3.63) is 58.6 Å². The smallest absolute Gasteiger partial charge is 0.274 e. The highest BCUT2D eigenvalue weighted by Gasteiger charge is 2.27. The van der Waals surface area contributed by atoms with E-state index >= 15 is 0 Å². The molecule has 2 aromatic carbocycles. The molecule has 7 heteroatoms. The van der Waals surface area contributed by atoms with Crippen LogP contribution in [-0.4, -0.2) is 23.6 Å². The van der Waals surface area contributed by atoms with Gasteiger partial charge in [-0.1, -0.05) is 29.8 Å². The number of rotatable bonds is 3. The van der Waals surface area contributed by atoms with Crippen LogP contribution in [0.15, 0.2) is 42.5 Å². The average molecular weight is 333 g/mol. The Kier molecular flexibility index (Phi) is 4.18. The van der Waals surface area contributed by atoms with Crippen LogP contribution in [0.1, 0.15) is 15.9 Å². The Morgan fingerprint density at radius 2 is 2.09 bits per heavy atom. The number of nitrogens with one attached hydrogen (secondary N) is 1. The normalized spacial score (nSPS) is 13.3. The number of carbonyl (C=O) groups is 2. The summed E-state index contributed by atoms with van der Waals surface area (Å²) in [5.41, 5.74) is 3.03. The molecular weight excluding hydrogens is 320 g/mol. The highest BCUT2D eigenvalue weighted by molar-refractivity contribution is 6.31. The Bertz CT molecular complexity index is 778. The summed E-state index contributed by atoms with van der Waals surface area (Å²) in [5.74, 6) is -0.409. The summed E-state index contributed by atoms with van der Waals surface area (Å²) in [7, 11) is 0. The second-order valence-corrected chi connectivity index (χ2v) is 5.39. The number of fused-ring (bicyclic) bond motifs is 1. The molecule has 2 aromatic rings. The molecule has 0 saturated heterocycles. The first-order valence-corrected chi connectivity index (χ1v) is 7.23. The molecule has 0 radical (unpaired) electrons. The van der Waals surface area contributed by atoms with Crippen molar-refractivity contribution >= 4 is 29.1 Å². The molecule has 3 rings (SSSR count). The predicted molar refractivity (Wildman–Crippen MR) is 83.8 cm³/mol. The maximum Gasteiger partial charge on any atom is 0.274 e. The van der Waals surface area contributed by atoms with Crippen molar-refractivity contribution < 1.29 is 19.5 Å². The molecule has 6 nitrogen and oxygen atoms in total. The highest BCUT2D eigenvalue weighted by atomic mass is 35.5. The first-order chi connectivity index (χ1) is 11.1. The van der Waals surface area contributed by atoms with E-state index in [1.165, 1.54) is 17.0 Å². The van der Waals surface area contributed by atoms with E-state index < -0.39 is 5.91 Å². The molecule has 0 fully saturated rings. The number of anilines is 1. The van der Waals surface area contributed by atoms with Crippen LogP contribution in [0.25, 0.3) is 0 Å². The number of carbonyl (C=O) groups excluding carboxylic acids is 2. The number of hydroxylamine groups is 1. The summed E-state index contributed by atoms with van der Waals surface area (Å²) in [6.45, 7) is 0.183. The van der Waals surface area contributed by atoms with Crippen LogP contribution in [0.2, 0.25) is 5.02 Å². The van der Waals surface area contributed by atoms with Gasteiger partial charge < -0.3 is 9.64 Å². The van der Waals surface area contributed by atoms with Crippen molar-refractivity contribution in [2.24, 2.45) is 0 Å². The van der Waals surface area contributed by atoms with Gasteiger partial charge in [0.25, 0.3) is 11.8 Å². The van der Waals surface area contributed by atoms with Crippen molar-refractivity contribution in [3.63, 3.8) is 0 Å². The molecule has 23 heavy (non-hydrogen) atoms. The van der Waals surface area contributed by atoms with Crippen LogP contribution in [-0.2, 0) is 11.3 Å². The molecule has 0 atom stereocenters. The number of ether oxygens (including phenoxy) is 1. The van der Waals surface area contributed by atoms with E-state index in [0.717, 1.165) is 5.56 Å². The fraction of sp³-hybridized carbons (Fsp3) is 0.125. The van der Waals surface area contributed by atoms with Crippen molar-refractivity contribution in [1.29, 1.82) is 0 Å². The Morgan fingerprint density at radius 3 is 2.83 bits per heavy atom. The molecule has 1 aliphatic rings. The Labute approximate surface area is 137 Å². The van der Waals surface area contributed by atoms with E-state index in [-0.39, 0.29) is 24.6 Å². The zero-order valence-corrected chi connectivity index (χ0v) is 12.7. The van der Waals surface area contributed by atoms with Gasteiger partial charge in [0.2, 0.25) is 0 Å². The Balaban J connectivity index is 2.00. The van der Waals surface area contributed by atoms with Crippen molar-refractivity contribution in [2.45, 2.75) is 6.54 Å². The van der Waals surface area contributed by atoms with E-state index in [1.54, 1.807) is 17.6 Å². The summed E-state index contributed by atoms with van der Waals surface area (Å²) >= 11 is 6.16. The minimum atomic E-state index is -0.663. The highest BCUT2D eigenvalue weighted by Crippen LogP contribution is 2.34. The SMILES string of the molecule is O=C(NO)c1ccc2c(c1)N(Cc1ccccc1Cl)C(=O)CO2. The number of hydrogen-bond acceptors (Lipinski definition) is 4. The minimum Gasteiger partial charge on any atom is -0.482 e. The summed E-state index contributed by atoms with van der Waals surface area (Å²) in [6.07, 6.45) is 0. The van der Waals surface area contributed by atoms with Crippen molar-refractivity contribution in [2.75, 3.05) is 11.5 Å². The van der Waals surface area contributed by atoms with Gasteiger partial charge in [-0.05, 0) is 29.8 Å². The molecule has 118 valence electrons. The third kappa shape index (κ3) is 2.99. The zero-order valence-electron chi connectivity index (χ0n) is 12.0. The third-order valence-electron chi connectivity index (χ3n) is 3.55. The lowest BCUT2D eigenvalue weighted by molar-refractivity contribution is -0.121. The number of amides is 2. The summed E-state index contributed by atoms with van der Waals surface area (Å²) in [6, 6.07) is 11.8. The van der Waals surface area contributed by atoms with Gasteiger partial charge in [-0.25, -0.2) is 5.48 Å². The van der Waals surface area contributed by atoms with Crippen molar-refractivity contribution in [1.82, 2.24) is 5.48 Å². The molecule has 1 aliphatic heterocycles. The molecule has 2 amide bonds. The first kappa shape index (κ1) is 15.3. The monoisotopic (exact) mass is 332 g/mol. The lowest BCUT2D eigenvalue weighted by atomic mass is 10.1.